The summed E-state index contributed by atoms with van der Waals surface area (Å²) < 4.78 is 35.1. The molecule has 47 heavy (non-hydrogen) atoms. The molecule has 1 atom stereocenters. The van der Waals surface area contributed by atoms with Crippen molar-refractivity contribution in [1.29, 1.82) is 0 Å². The van der Waals surface area contributed by atoms with Gasteiger partial charge in [-0.05, 0) is 61.4 Å². The highest BCUT2D eigenvalue weighted by Gasteiger charge is 2.36. The van der Waals surface area contributed by atoms with E-state index in [1.807, 2.05) is 44.2 Å². The number of sulfonamides is 1. The molecule has 1 N–H and O–H groups in total. The molecule has 1 unspecified atom stereocenters. The molecule has 248 valence electrons. The minimum atomic E-state index is -4.36. The average molecular weight is 717 g/mol. The molecule has 0 radical (unpaired) electrons. The fourth-order valence-corrected chi connectivity index (χ4v) is 7.08. The second kappa shape index (κ2) is 16.4. The first kappa shape index (κ1) is 36.1. The van der Waals surface area contributed by atoms with Gasteiger partial charge in [0.05, 0.1) is 17.7 Å². The van der Waals surface area contributed by atoms with Gasteiger partial charge < -0.3 is 15.0 Å². The van der Waals surface area contributed by atoms with E-state index in [0.29, 0.717) is 28.6 Å². The van der Waals surface area contributed by atoms with Crippen molar-refractivity contribution in [2.45, 2.75) is 44.2 Å². The van der Waals surface area contributed by atoms with E-state index in [4.69, 9.17) is 39.5 Å². The SMILES string of the molecule is CCCNC(=O)C(Cc1ccccc1)N(Cc1c(Cl)cccc1Cl)C(=O)CN(c1cc(Cl)ccc1OC)S(=O)(=O)c1ccc(C)cc1. The lowest BCUT2D eigenvalue weighted by Crippen LogP contribution is -2.53. The molecule has 0 saturated carbocycles. The molecule has 8 nitrogen and oxygen atoms in total. The molecule has 4 rings (SSSR count). The van der Waals surface area contributed by atoms with E-state index in [1.54, 1.807) is 36.4 Å². The molecule has 0 aromatic heterocycles. The van der Waals surface area contributed by atoms with E-state index in [-0.39, 0.29) is 34.3 Å². The third kappa shape index (κ3) is 8.99. The summed E-state index contributed by atoms with van der Waals surface area (Å²) in [5.74, 6) is -0.896. The zero-order valence-electron chi connectivity index (χ0n) is 26.3. The molecule has 2 amide bonds. The van der Waals surface area contributed by atoms with Crippen molar-refractivity contribution in [3.05, 3.63) is 123 Å². The lowest BCUT2D eigenvalue weighted by molar-refractivity contribution is -0.140. The second-order valence-corrected chi connectivity index (χ2v) is 14.0. The highest BCUT2D eigenvalue weighted by Crippen LogP contribution is 2.35. The smallest absolute Gasteiger partial charge is 0.264 e. The van der Waals surface area contributed by atoms with Crippen LogP contribution in [0.4, 0.5) is 5.69 Å². The number of anilines is 1. The number of ether oxygens (including phenoxy) is 1. The van der Waals surface area contributed by atoms with Crippen LogP contribution in [0.2, 0.25) is 15.1 Å². The molecule has 4 aromatic carbocycles. The van der Waals surface area contributed by atoms with Crippen LogP contribution < -0.4 is 14.4 Å². The van der Waals surface area contributed by atoms with Gasteiger partial charge in [-0.25, -0.2) is 8.42 Å². The maximum absolute atomic E-state index is 14.7. The predicted octanol–water partition coefficient (Wildman–Crippen LogP) is 7.33. The van der Waals surface area contributed by atoms with Crippen molar-refractivity contribution in [3.63, 3.8) is 0 Å². The lowest BCUT2D eigenvalue weighted by Gasteiger charge is -2.34. The molecule has 0 heterocycles. The summed E-state index contributed by atoms with van der Waals surface area (Å²) in [6.45, 7) is 3.28. The Morgan fingerprint density at radius 1 is 0.894 bits per heavy atom. The summed E-state index contributed by atoms with van der Waals surface area (Å²) in [5.41, 5.74) is 2.13. The average Bonchev–Trinajstić information content (AvgIpc) is 3.05. The van der Waals surface area contributed by atoms with Crippen molar-refractivity contribution in [1.82, 2.24) is 10.2 Å². The standard InChI is InChI=1S/C35H36Cl3N3O5S/c1-4-19-39-35(43)32(20-25-9-6-5-7-10-25)40(22-28-29(37)11-8-12-30(28)38)34(42)23-41(31-21-26(36)15-18-33(31)46-3)47(44,45)27-16-13-24(2)14-17-27/h5-18,21,32H,4,19-20,22-23H2,1-3H3,(H,39,43). The zero-order chi connectivity index (χ0) is 34.1. The number of hydrogen-bond acceptors (Lipinski definition) is 5. The molecular formula is C35H36Cl3N3O5S. The number of methoxy groups -OCH3 is 1. The van der Waals surface area contributed by atoms with Gasteiger partial charge in [-0.1, -0.05) is 95.8 Å². The Hall–Kier alpha value is -3.76. The number of halogens is 3. The molecule has 0 saturated heterocycles. The molecule has 0 fully saturated rings. The summed E-state index contributed by atoms with van der Waals surface area (Å²) in [4.78, 5) is 29.8. The number of nitrogens with one attached hydrogen (secondary N) is 1. The first-order chi connectivity index (χ1) is 22.5. The largest absolute Gasteiger partial charge is 0.495 e. The predicted molar refractivity (Wildman–Crippen MR) is 188 cm³/mol. The van der Waals surface area contributed by atoms with Crippen LogP contribution in [0, 0.1) is 6.92 Å². The van der Waals surface area contributed by atoms with Crippen LogP contribution in [-0.4, -0.2) is 51.4 Å². The molecule has 0 spiro atoms. The summed E-state index contributed by atoms with van der Waals surface area (Å²) in [5, 5.41) is 3.73. The molecule has 12 heteroatoms. The number of rotatable bonds is 14. The van der Waals surface area contributed by atoms with E-state index in [1.165, 1.54) is 36.3 Å². The minimum Gasteiger partial charge on any atom is -0.495 e. The molecule has 0 aliphatic rings. The van der Waals surface area contributed by atoms with Crippen molar-refractivity contribution >= 4 is 62.3 Å². The van der Waals surface area contributed by atoms with Crippen LogP contribution in [-0.2, 0) is 32.6 Å². The Labute approximate surface area is 291 Å². The molecule has 4 aromatic rings. The lowest BCUT2D eigenvalue weighted by atomic mass is 10.0. The molecule has 0 bridgehead atoms. The summed E-state index contributed by atoms with van der Waals surface area (Å²) in [6, 6.07) is 23.9. The highest BCUT2D eigenvalue weighted by atomic mass is 35.5. The van der Waals surface area contributed by atoms with Gasteiger partial charge in [0, 0.05) is 40.1 Å². The zero-order valence-corrected chi connectivity index (χ0v) is 29.3. The van der Waals surface area contributed by atoms with Gasteiger partial charge in [0.25, 0.3) is 10.0 Å². The Kier molecular flexibility index (Phi) is 12.6. The topological polar surface area (TPSA) is 96.0 Å². The fourth-order valence-electron chi connectivity index (χ4n) is 4.98. The number of aryl methyl sites for hydroxylation is 1. The Bertz CT molecular complexity index is 1790. The van der Waals surface area contributed by atoms with Gasteiger partial charge in [0.2, 0.25) is 11.8 Å². The maximum Gasteiger partial charge on any atom is 0.264 e. The number of amides is 2. The minimum absolute atomic E-state index is 0.0415. The molecule has 0 aliphatic heterocycles. The van der Waals surface area contributed by atoms with E-state index < -0.39 is 34.4 Å². The van der Waals surface area contributed by atoms with E-state index in [9.17, 15) is 18.0 Å². The Balaban J connectivity index is 1.88. The maximum atomic E-state index is 14.7. The number of hydrogen-bond donors (Lipinski definition) is 1. The Morgan fingerprint density at radius 3 is 2.17 bits per heavy atom. The summed E-state index contributed by atoms with van der Waals surface area (Å²) in [7, 11) is -2.97. The van der Waals surface area contributed by atoms with Crippen molar-refractivity contribution in [2.24, 2.45) is 0 Å². The Morgan fingerprint density at radius 2 is 1.55 bits per heavy atom. The number of nitrogens with zero attached hydrogens (tertiary/aromatic N) is 2. The quantitative estimate of drug-likeness (QED) is 0.148. The van der Waals surface area contributed by atoms with Crippen LogP contribution in [0.5, 0.6) is 5.75 Å². The third-order valence-corrected chi connectivity index (χ3v) is 10.2. The van der Waals surface area contributed by atoms with Gasteiger partial charge >= 0.3 is 0 Å². The number of benzene rings is 4. The van der Waals surface area contributed by atoms with Gasteiger partial charge in [0.15, 0.2) is 0 Å². The normalized spacial score (nSPS) is 11.9. The summed E-state index contributed by atoms with van der Waals surface area (Å²) >= 11 is 19.5. The number of carbonyl (C=O) groups is 2. The first-order valence-electron chi connectivity index (χ1n) is 14.9. The van der Waals surface area contributed by atoms with Crippen LogP contribution in [0.15, 0.2) is 95.9 Å². The third-order valence-electron chi connectivity index (χ3n) is 7.51. The van der Waals surface area contributed by atoms with Gasteiger partial charge in [-0.3, -0.25) is 13.9 Å². The molecule has 0 aliphatic carbocycles. The summed E-state index contributed by atoms with van der Waals surface area (Å²) in [6.07, 6.45) is 0.820. The fraction of sp³-hybridized carbons (Fsp3) is 0.257. The number of carbonyl (C=O) groups excluding carboxylic acids is 2. The van der Waals surface area contributed by atoms with Crippen molar-refractivity contribution < 1.29 is 22.7 Å². The van der Waals surface area contributed by atoms with Gasteiger partial charge in [-0.15, -0.1) is 0 Å². The van der Waals surface area contributed by atoms with Crippen LogP contribution >= 0.6 is 34.8 Å². The highest BCUT2D eigenvalue weighted by molar-refractivity contribution is 7.92. The molecular weight excluding hydrogens is 681 g/mol. The second-order valence-electron chi connectivity index (χ2n) is 10.9. The van der Waals surface area contributed by atoms with Crippen molar-refractivity contribution in [3.8, 4) is 5.75 Å². The van der Waals surface area contributed by atoms with Crippen LogP contribution in [0.1, 0.15) is 30.0 Å². The van der Waals surface area contributed by atoms with E-state index in [0.717, 1.165) is 15.4 Å². The monoisotopic (exact) mass is 715 g/mol. The van der Waals surface area contributed by atoms with Gasteiger partial charge in [0.1, 0.15) is 18.3 Å². The van der Waals surface area contributed by atoms with Crippen LogP contribution in [0.25, 0.3) is 0 Å². The van der Waals surface area contributed by atoms with Crippen LogP contribution in [0.3, 0.4) is 0 Å². The first-order valence-corrected chi connectivity index (χ1v) is 17.5. The van der Waals surface area contributed by atoms with Gasteiger partial charge in [-0.2, -0.15) is 0 Å². The van der Waals surface area contributed by atoms with E-state index >= 15 is 0 Å². The van der Waals surface area contributed by atoms with E-state index in [2.05, 4.69) is 5.32 Å². The van der Waals surface area contributed by atoms with Crippen molar-refractivity contribution in [2.75, 3.05) is 24.5 Å².